The number of morpholine rings is 1. The Bertz CT molecular complexity index is 912. The lowest BCUT2D eigenvalue weighted by atomic mass is 10.2. The van der Waals surface area contributed by atoms with Gasteiger partial charge in [-0.15, -0.1) is 0 Å². The second-order valence-corrected chi connectivity index (χ2v) is 7.25. The number of nitrogens with zero attached hydrogens (tertiary/aromatic N) is 2. The molecular formula is C21H24ClN4O+. The number of para-hydroxylation sites is 1. The van der Waals surface area contributed by atoms with E-state index in [4.69, 9.17) is 26.3 Å². The maximum atomic E-state index is 6.15. The second kappa shape index (κ2) is 8.65. The molecule has 0 radical (unpaired) electrons. The van der Waals surface area contributed by atoms with Crippen molar-refractivity contribution in [1.82, 2.24) is 9.97 Å². The number of nitrogens with one attached hydrogen (secondary N) is 2. The van der Waals surface area contributed by atoms with Crippen LogP contribution in [0.15, 0.2) is 48.5 Å². The molecule has 0 unspecified atom stereocenters. The van der Waals surface area contributed by atoms with Crippen molar-refractivity contribution in [2.45, 2.75) is 6.42 Å². The molecule has 6 heteroatoms. The van der Waals surface area contributed by atoms with Gasteiger partial charge in [0.2, 0.25) is 0 Å². The largest absolute Gasteiger partial charge is 0.370 e. The van der Waals surface area contributed by atoms with Gasteiger partial charge in [-0.3, -0.25) is 0 Å². The highest BCUT2D eigenvalue weighted by Crippen LogP contribution is 2.26. The minimum absolute atomic E-state index is 0.687. The fourth-order valence-corrected chi connectivity index (χ4v) is 3.61. The zero-order valence-corrected chi connectivity index (χ0v) is 16.0. The molecule has 3 aromatic rings. The zero-order chi connectivity index (χ0) is 18.5. The summed E-state index contributed by atoms with van der Waals surface area (Å²) in [5.74, 6) is 1.57. The van der Waals surface area contributed by atoms with Gasteiger partial charge in [0.1, 0.15) is 18.9 Å². The van der Waals surface area contributed by atoms with E-state index in [1.54, 1.807) is 4.90 Å². The number of fused-ring (bicyclic) bond motifs is 1. The Morgan fingerprint density at radius 1 is 1.04 bits per heavy atom. The third kappa shape index (κ3) is 4.56. The lowest BCUT2D eigenvalue weighted by Crippen LogP contribution is -3.14. The smallest absolute Gasteiger partial charge is 0.162 e. The maximum absolute atomic E-state index is 6.15. The predicted molar refractivity (Wildman–Crippen MR) is 109 cm³/mol. The molecule has 1 aliphatic heterocycles. The van der Waals surface area contributed by atoms with Crippen molar-refractivity contribution in [3.8, 4) is 11.4 Å². The van der Waals surface area contributed by atoms with Crippen molar-refractivity contribution < 1.29 is 9.64 Å². The number of ether oxygens (including phenoxy) is 1. The SMILES string of the molecule is Clc1cccc(-c2nc(NCCC[NH+]3CCOCC3)c3ccccc3n2)c1. The normalized spacial score (nSPS) is 15.1. The molecule has 1 aliphatic rings. The Morgan fingerprint density at radius 3 is 2.74 bits per heavy atom. The number of rotatable bonds is 6. The van der Waals surface area contributed by atoms with Crippen LogP contribution in [-0.2, 0) is 4.74 Å². The van der Waals surface area contributed by atoms with E-state index >= 15 is 0 Å². The van der Waals surface area contributed by atoms with E-state index in [0.717, 1.165) is 68.1 Å². The number of quaternary nitrogens is 1. The van der Waals surface area contributed by atoms with Gasteiger partial charge in [-0.2, -0.15) is 0 Å². The van der Waals surface area contributed by atoms with Gasteiger partial charge >= 0.3 is 0 Å². The van der Waals surface area contributed by atoms with Crippen LogP contribution in [-0.4, -0.2) is 49.4 Å². The molecule has 2 aromatic carbocycles. The quantitative estimate of drug-likeness (QED) is 0.642. The molecule has 4 rings (SSSR count). The first-order valence-electron chi connectivity index (χ1n) is 9.47. The van der Waals surface area contributed by atoms with Crippen LogP contribution in [0, 0.1) is 0 Å². The number of hydrogen-bond donors (Lipinski definition) is 2. The third-order valence-electron chi connectivity index (χ3n) is 4.89. The van der Waals surface area contributed by atoms with E-state index in [1.807, 2.05) is 42.5 Å². The number of hydrogen-bond acceptors (Lipinski definition) is 4. The van der Waals surface area contributed by atoms with Gasteiger partial charge in [0.25, 0.3) is 0 Å². The molecule has 0 saturated carbocycles. The van der Waals surface area contributed by atoms with Crippen molar-refractivity contribution in [3.63, 3.8) is 0 Å². The summed E-state index contributed by atoms with van der Waals surface area (Å²) in [6.45, 7) is 6.01. The van der Waals surface area contributed by atoms with E-state index in [2.05, 4.69) is 11.4 Å². The summed E-state index contributed by atoms with van der Waals surface area (Å²) in [5, 5.41) is 5.25. The summed E-state index contributed by atoms with van der Waals surface area (Å²) in [5.41, 5.74) is 1.86. The summed E-state index contributed by atoms with van der Waals surface area (Å²) in [4.78, 5) is 11.1. The first kappa shape index (κ1) is 18.2. The first-order chi connectivity index (χ1) is 13.3. The highest BCUT2D eigenvalue weighted by atomic mass is 35.5. The highest BCUT2D eigenvalue weighted by molar-refractivity contribution is 6.30. The van der Waals surface area contributed by atoms with Gasteiger partial charge in [-0.25, -0.2) is 9.97 Å². The fourth-order valence-electron chi connectivity index (χ4n) is 3.42. The zero-order valence-electron chi connectivity index (χ0n) is 15.2. The molecule has 2 heterocycles. The summed E-state index contributed by atoms with van der Waals surface area (Å²) < 4.78 is 5.42. The second-order valence-electron chi connectivity index (χ2n) is 6.82. The Kier molecular flexibility index (Phi) is 5.82. The molecule has 1 fully saturated rings. The average Bonchev–Trinajstić information content (AvgIpc) is 2.71. The molecule has 0 amide bonds. The number of benzene rings is 2. The Hall–Kier alpha value is -2.21. The molecule has 27 heavy (non-hydrogen) atoms. The highest BCUT2D eigenvalue weighted by Gasteiger charge is 2.13. The monoisotopic (exact) mass is 383 g/mol. The average molecular weight is 384 g/mol. The third-order valence-corrected chi connectivity index (χ3v) is 5.12. The van der Waals surface area contributed by atoms with Gasteiger partial charge in [0, 0.05) is 28.9 Å². The molecule has 0 atom stereocenters. The van der Waals surface area contributed by atoms with E-state index < -0.39 is 0 Å². The Labute approximate surface area is 164 Å². The van der Waals surface area contributed by atoms with Gasteiger partial charge in [0.05, 0.1) is 25.3 Å². The number of halogens is 1. The molecule has 2 N–H and O–H groups in total. The molecule has 0 aliphatic carbocycles. The minimum atomic E-state index is 0.687. The van der Waals surface area contributed by atoms with Crippen LogP contribution in [0.1, 0.15) is 6.42 Å². The molecule has 0 bridgehead atoms. The van der Waals surface area contributed by atoms with Crippen LogP contribution >= 0.6 is 11.6 Å². The standard InChI is InChI=1S/C21H23ClN4O/c22-17-6-3-5-16(15-17)20-24-19-8-2-1-7-18(19)21(25-20)23-9-4-10-26-11-13-27-14-12-26/h1-3,5-8,15H,4,9-14H2,(H,23,24,25)/p+1. The molecular weight excluding hydrogens is 360 g/mol. The van der Waals surface area contributed by atoms with E-state index in [-0.39, 0.29) is 0 Å². The van der Waals surface area contributed by atoms with Crippen molar-refractivity contribution in [2.75, 3.05) is 44.7 Å². The Morgan fingerprint density at radius 2 is 1.89 bits per heavy atom. The van der Waals surface area contributed by atoms with Crippen molar-refractivity contribution in [1.29, 1.82) is 0 Å². The maximum Gasteiger partial charge on any atom is 0.162 e. The van der Waals surface area contributed by atoms with Crippen LogP contribution in [0.5, 0.6) is 0 Å². The molecule has 1 saturated heterocycles. The predicted octanol–water partition coefficient (Wildman–Crippen LogP) is 2.67. The van der Waals surface area contributed by atoms with Gasteiger partial charge in [-0.05, 0) is 24.3 Å². The fraction of sp³-hybridized carbons (Fsp3) is 0.333. The van der Waals surface area contributed by atoms with Crippen LogP contribution in [0.3, 0.4) is 0 Å². The lowest BCUT2D eigenvalue weighted by molar-refractivity contribution is -0.908. The van der Waals surface area contributed by atoms with E-state index in [1.165, 1.54) is 0 Å². The van der Waals surface area contributed by atoms with Gasteiger partial charge in [0.15, 0.2) is 5.82 Å². The number of anilines is 1. The van der Waals surface area contributed by atoms with Crippen LogP contribution in [0.2, 0.25) is 5.02 Å². The summed E-state index contributed by atoms with van der Waals surface area (Å²) in [7, 11) is 0. The molecule has 0 spiro atoms. The lowest BCUT2D eigenvalue weighted by Gasteiger charge is -2.23. The van der Waals surface area contributed by atoms with E-state index in [9.17, 15) is 0 Å². The van der Waals surface area contributed by atoms with Crippen molar-refractivity contribution in [2.24, 2.45) is 0 Å². The van der Waals surface area contributed by atoms with Crippen LogP contribution in [0.4, 0.5) is 5.82 Å². The van der Waals surface area contributed by atoms with Crippen molar-refractivity contribution >= 4 is 28.3 Å². The van der Waals surface area contributed by atoms with Crippen LogP contribution < -0.4 is 10.2 Å². The summed E-state index contributed by atoms with van der Waals surface area (Å²) in [6.07, 6.45) is 1.10. The van der Waals surface area contributed by atoms with Gasteiger partial charge < -0.3 is 15.0 Å². The minimum Gasteiger partial charge on any atom is -0.370 e. The van der Waals surface area contributed by atoms with Crippen LogP contribution in [0.25, 0.3) is 22.3 Å². The topological polar surface area (TPSA) is 51.5 Å². The summed E-state index contributed by atoms with van der Waals surface area (Å²) >= 11 is 6.15. The molecule has 5 nitrogen and oxygen atoms in total. The number of aromatic nitrogens is 2. The Balaban J connectivity index is 1.51. The van der Waals surface area contributed by atoms with E-state index in [0.29, 0.717) is 10.8 Å². The van der Waals surface area contributed by atoms with Gasteiger partial charge in [-0.1, -0.05) is 35.9 Å². The first-order valence-corrected chi connectivity index (χ1v) is 9.85. The summed E-state index contributed by atoms with van der Waals surface area (Å²) in [6, 6.07) is 15.8. The molecule has 1 aromatic heterocycles. The van der Waals surface area contributed by atoms with Crippen molar-refractivity contribution in [3.05, 3.63) is 53.6 Å². The molecule has 140 valence electrons.